The molecule has 0 radical (unpaired) electrons. The van der Waals surface area contributed by atoms with Crippen molar-refractivity contribution in [2.75, 3.05) is 0 Å². The lowest BCUT2D eigenvalue weighted by molar-refractivity contribution is 0.0959. The van der Waals surface area contributed by atoms with Crippen LogP contribution in [0.15, 0.2) is 12.2 Å². The molecule has 0 aliphatic heterocycles. The van der Waals surface area contributed by atoms with Gasteiger partial charge in [-0.25, -0.2) is 0 Å². The fourth-order valence-electron chi connectivity index (χ4n) is 2.58. The van der Waals surface area contributed by atoms with Gasteiger partial charge in [0, 0.05) is 0 Å². The zero-order chi connectivity index (χ0) is 10.1. The molecule has 0 bridgehead atoms. The number of allylic oxidation sites excluding steroid dienone is 1. The minimum Gasteiger partial charge on any atom is -0.0999 e. The summed E-state index contributed by atoms with van der Waals surface area (Å²) in [6.07, 6.45) is 5.44. The summed E-state index contributed by atoms with van der Waals surface area (Å²) < 4.78 is 0. The van der Waals surface area contributed by atoms with Crippen molar-refractivity contribution in [3.05, 3.63) is 12.2 Å². The molecule has 0 saturated heterocycles. The largest absolute Gasteiger partial charge is 0.0999 e. The molecular formula is C13H24. The van der Waals surface area contributed by atoms with Gasteiger partial charge in [-0.3, -0.25) is 0 Å². The SMILES string of the molecule is C=C(C)C1CCC(C)C(C)(CC)C1. The van der Waals surface area contributed by atoms with Gasteiger partial charge in [0.05, 0.1) is 0 Å². The minimum absolute atomic E-state index is 0.571. The van der Waals surface area contributed by atoms with Crippen LogP contribution < -0.4 is 0 Å². The molecule has 3 atom stereocenters. The minimum atomic E-state index is 0.571. The van der Waals surface area contributed by atoms with Gasteiger partial charge in [0.25, 0.3) is 0 Å². The Hall–Kier alpha value is -0.260. The summed E-state index contributed by atoms with van der Waals surface area (Å²) in [5.74, 6) is 1.69. The molecule has 1 fully saturated rings. The predicted molar refractivity (Wildman–Crippen MR) is 59.7 cm³/mol. The highest BCUT2D eigenvalue weighted by atomic mass is 14.4. The Bertz CT molecular complexity index is 192. The van der Waals surface area contributed by atoms with Gasteiger partial charge in [-0.05, 0) is 43.4 Å². The molecule has 0 heteroatoms. The molecule has 1 saturated carbocycles. The molecule has 1 rings (SSSR count). The standard InChI is InChI=1S/C13H24/c1-6-13(5)9-12(10(2)3)8-7-11(13)4/h11-12H,2,6-9H2,1,3-5H3. The van der Waals surface area contributed by atoms with E-state index in [1.165, 1.54) is 31.3 Å². The van der Waals surface area contributed by atoms with Crippen molar-refractivity contribution in [1.82, 2.24) is 0 Å². The highest BCUT2D eigenvalue weighted by molar-refractivity contribution is 5.01. The normalized spacial score (nSPS) is 40.3. The first-order valence-corrected chi connectivity index (χ1v) is 5.65. The maximum atomic E-state index is 4.10. The fraction of sp³-hybridized carbons (Fsp3) is 0.846. The van der Waals surface area contributed by atoms with E-state index in [1.54, 1.807) is 0 Å². The monoisotopic (exact) mass is 180 g/mol. The van der Waals surface area contributed by atoms with Gasteiger partial charge in [0.2, 0.25) is 0 Å². The Labute approximate surface area is 83.4 Å². The molecule has 0 nitrogen and oxygen atoms in total. The number of hydrogen-bond donors (Lipinski definition) is 0. The quantitative estimate of drug-likeness (QED) is 0.552. The molecule has 0 aromatic carbocycles. The molecule has 0 N–H and O–H groups in total. The average molecular weight is 180 g/mol. The van der Waals surface area contributed by atoms with Crippen LogP contribution >= 0.6 is 0 Å². The van der Waals surface area contributed by atoms with Crippen molar-refractivity contribution in [1.29, 1.82) is 0 Å². The molecular weight excluding hydrogens is 156 g/mol. The van der Waals surface area contributed by atoms with Gasteiger partial charge < -0.3 is 0 Å². The van der Waals surface area contributed by atoms with Crippen molar-refractivity contribution in [3.8, 4) is 0 Å². The van der Waals surface area contributed by atoms with Gasteiger partial charge in [0.15, 0.2) is 0 Å². The van der Waals surface area contributed by atoms with Crippen molar-refractivity contribution in [3.63, 3.8) is 0 Å². The third kappa shape index (κ3) is 2.15. The maximum absolute atomic E-state index is 4.10. The second kappa shape index (κ2) is 3.86. The summed E-state index contributed by atoms with van der Waals surface area (Å²) in [6.45, 7) is 13.5. The molecule has 0 aromatic heterocycles. The van der Waals surface area contributed by atoms with Crippen LogP contribution in [0.4, 0.5) is 0 Å². The average Bonchev–Trinajstić information content (AvgIpc) is 2.09. The molecule has 0 heterocycles. The van der Waals surface area contributed by atoms with E-state index in [1.807, 2.05) is 0 Å². The highest BCUT2D eigenvalue weighted by Gasteiger charge is 2.36. The molecule has 0 amide bonds. The summed E-state index contributed by atoms with van der Waals surface area (Å²) in [7, 11) is 0. The number of hydrogen-bond acceptors (Lipinski definition) is 0. The van der Waals surface area contributed by atoms with Crippen LogP contribution in [0.25, 0.3) is 0 Å². The van der Waals surface area contributed by atoms with Crippen LogP contribution in [0.1, 0.15) is 53.4 Å². The Morgan fingerprint density at radius 3 is 2.54 bits per heavy atom. The van der Waals surface area contributed by atoms with Gasteiger partial charge >= 0.3 is 0 Å². The van der Waals surface area contributed by atoms with Crippen molar-refractivity contribution < 1.29 is 0 Å². The van der Waals surface area contributed by atoms with Crippen LogP contribution in [0.2, 0.25) is 0 Å². The van der Waals surface area contributed by atoms with Crippen molar-refractivity contribution in [2.24, 2.45) is 17.3 Å². The molecule has 76 valence electrons. The Kier molecular flexibility index (Phi) is 3.21. The molecule has 13 heavy (non-hydrogen) atoms. The summed E-state index contributed by atoms with van der Waals surface area (Å²) >= 11 is 0. The molecule has 0 aromatic rings. The summed E-state index contributed by atoms with van der Waals surface area (Å²) in [5.41, 5.74) is 1.97. The van der Waals surface area contributed by atoms with Gasteiger partial charge in [-0.1, -0.05) is 39.3 Å². The van der Waals surface area contributed by atoms with Crippen molar-refractivity contribution >= 4 is 0 Å². The van der Waals surface area contributed by atoms with E-state index in [0.717, 1.165) is 11.8 Å². The topological polar surface area (TPSA) is 0 Å². The second-order valence-electron chi connectivity index (χ2n) is 5.23. The maximum Gasteiger partial charge on any atom is -0.0203 e. The van der Waals surface area contributed by atoms with Crippen molar-refractivity contribution in [2.45, 2.75) is 53.4 Å². The van der Waals surface area contributed by atoms with E-state index in [0.29, 0.717) is 5.41 Å². The van der Waals surface area contributed by atoms with E-state index < -0.39 is 0 Å². The predicted octanol–water partition coefficient (Wildman–Crippen LogP) is 4.42. The molecule has 0 spiro atoms. The lowest BCUT2D eigenvalue weighted by Gasteiger charge is -2.43. The van der Waals surface area contributed by atoms with E-state index in [2.05, 4.69) is 34.3 Å². The second-order valence-corrected chi connectivity index (χ2v) is 5.23. The zero-order valence-corrected chi connectivity index (χ0v) is 9.69. The first-order valence-electron chi connectivity index (χ1n) is 5.65. The first kappa shape index (κ1) is 10.8. The van der Waals surface area contributed by atoms with E-state index in [9.17, 15) is 0 Å². The Balaban J connectivity index is 2.68. The Morgan fingerprint density at radius 1 is 1.46 bits per heavy atom. The molecule has 1 aliphatic carbocycles. The Morgan fingerprint density at radius 2 is 2.08 bits per heavy atom. The molecule has 3 unspecified atom stereocenters. The van der Waals surface area contributed by atoms with Crippen LogP contribution in [0.5, 0.6) is 0 Å². The summed E-state index contributed by atoms with van der Waals surface area (Å²) in [4.78, 5) is 0. The van der Waals surface area contributed by atoms with Gasteiger partial charge in [-0.2, -0.15) is 0 Å². The smallest absolute Gasteiger partial charge is 0.0203 e. The van der Waals surface area contributed by atoms with Gasteiger partial charge in [-0.15, -0.1) is 0 Å². The highest BCUT2D eigenvalue weighted by Crippen LogP contribution is 2.47. The number of rotatable bonds is 2. The summed E-state index contributed by atoms with van der Waals surface area (Å²) in [5, 5.41) is 0. The first-order chi connectivity index (χ1) is 5.99. The fourth-order valence-corrected chi connectivity index (χ4v) is 2.58. The van der Waals surface area contributed by atoms with Crippen LogP contribution in [-0.2, 0) is 0 Å². The van der Waals surface area contributed by atoms with Crippen LogP contribution in [0.3, 0.4) is 0 Å². The third-order valence-electron chi connectivity index (χ3n) is 4.36. The third-order valence-corrected chi connectivity index (χ3v) is 4.36. The van der Waals surface area contributed by atoms with Crippen LogP contribution in [0, 0.1) is 17.3 Å². The lowest BCUT2D eigenvalue weighted by atomic mass is 9.62. The van der Waals surface area contributed by atoms with E-state index in [4.69, 9.17) is 0 Å². The van der Waals surface area contributed by atoms with E-state index >= 15 is 0 Å². The van der Waals surface area contributed by atoms with Crippen LogP contribution in [-0.4, -0.2) is 0 Å². The zero-order valence-electron chi connectivity index (χ0n) is 9.69. The van der Waals surface area contributed by atoms with Gasteiger partial charge in [0.1, 0.15) is 0 Å². The summed E-state index contributed by atoms with van der Waals surface area (Å²) in [6, 6.07) is 0. The molecule has 1 aliphatic rings. The lowest BCUT2D eigenvalue weighted by Crippen LogP contribution is -2.32. The van der Waals surface area contributed by atoms with E-state index in [-0.39, 0.29) is 0 Å².